The van der Waals surface area contributed by atoms with Crippen molar-refractivity contribution < 1.29 is 9.53 Å². The monoisotopic (exact) mass is 345 g/mol. The summed E-state index contributed by atoms with van der Waals surface area (Å²) in [6, 6.07) is 5.69. The van der Waals surface area contributed by atoms with Crippen molar-refractivity contribution in [1.82, 2.24) is 5.32 Å². The fraction of sp³-hybridized carbons (Fsp3) is 0.500. The largest absolute Gasteiger partial charge is 0.381 e. The first kappa shape index (κ1) is 14.8. The van der Waals surface area contributed by atoms with Gasteiger partial charge in [-0.2, -0.15) is 0 Å². The zero-order valence-corrected chi connectivity index (χ0v) is 13.2. The average Bonchev–Trinajstić information content (AvgIpc) is 2.39. The van der Waals surface area contributed by atoms with Crippen LogP contribution < -0.4 is 5.32 Å². The summed E-state index contributed by atoms with van der Waals surface area (Å²) in [4.78, 5) is 12.4. The topological polar surface area (TPSA) is 38.3 Å². The molecule has 1 amide bonds. The lowest BCUT2D eigenvalue weighted by molar-refractivity contribution is 0.0433. The smallest absolute Gasteiger partial charge is 0.252 e. The second-order valence-electron chi connectivity index (χ2n) is 4.96. The maximum atomic E-state index is 12.4. The van der Waals surface area contributed by atoms with Crippen LogP contribution in [0.2, 0.25) is 0 Å². The van der Waals surface area contributed by atoms with E-state index in [0.717, 1.165) is 22.9 Å². The second kappa shape index (κ2) is 6.25. The first-order valence-corrected chi connectivity index (χ1v) is 7.61. The van der Waals surface area contributed by atoms with Crippen molar-refractivity contribution in [2.75, 3.05) is 19.1 Å². The van der Waals surface area contributed by atoms with Gasteiger partial charge in [0, 0.05) is 23.6 Å². The number of halogens is 2. The Labute approximate surface area is 126 Å². The van der Waals surface area contributed by atoms with Gasteiger partial charge >= 0.3 is 0 Å². The number of hydrogen-bond donors (Lipinski definition) is 1. The van der Waals surface area contributed by atoms with E-state index in [1.165, 1.54) is 0 Å². The van der Waals surface area contributed by atoms with Crippen LogP contribution in [0.4, 0.5) is 0 Å². The van der Waals surface area contributed by atoms with Crippen LogP contribution in [0.3, 0.4) is 0 Å². The van der Waals surface area contributed by atoms with Crippen LogP contribution in [-0.4, -0.2) is 30.5 Å². The summed E-state index contributed by atoms with van der Waals surface area (Å²) in [6.45, 7) is 3.27. The van der Waals surface area contributed by atoms with Gasteiger partial charge in [0.2, 0.25) is 0 Å². The van der Waals surface area contributed by atoms with Crippen LogP contribution in [0.25, 0.3) is 0 Å². The highest BCUT2D eigenvalue weighted by Crippen LogP contribution is 2.24. The van der Waals surface area contributed by atoms with E-state index < -0.39 is 0 Å². The minimum absolute atomic E-state index is 0.0885. The molecule has 104 valence electrons. The van der Waals surface area contributed by atoms with Crippen molar-refractivity contribution in [3.63, 3.8) is 0 Å². The van der Waals surface area contributed by atoms with Gasteiger partial charge in [0.1, 0.15) is 0 Å². The molecule has 1 heterocycles. The molecule has 0 unspecified atom stereocenters. The third-order valence-electron chi connectivity index (χ3n) is 3.45. The molecular formula is C14H17BrClNO2. The van der Waals surface area contributed by atoms with Crippen LogP contribution >= 0.6 is 27.5 Å². The van der Waals surface area contributed by atoms with Crippen LogP contribution in [0.15, 0.2) is 22.7 Å². The SMILES string of the molecule is Cc1ccc(C(=O)NC2(CCl)CCOCC2)c(Br)c1. The number of nitrogens with one attached hydrogen (secondary N) is 1. The predicted octanol–water partition coefficient (Wildman–Crippen LogP) is 3.28. The average molecular weight is 347 g/mol. The van der Waals surface area contributed by atoms with Crippen molar-refractivity contribution in [3.05, 3.63) is 33.8 Å². The molecule has 1 aromatic carbocycles. The molecule has 2 rings (SSSR count). The van der Waals surface area contributed by atoms with Gasteiger partial charge < -0.3 is 10.1 Å². The van der Waals surface area contributed by atoms with E-state index in [1.807, 2.05) is 25.1 Å². The molecule has 0 saturated carbocycles. The zero-order valence-electron chi connectivity index (χ0n) is 10.8. The molecule has 1 saturated heterocycles. The molecule has 1 fully saturated rings. The highest BCUT2D eigenvalue weighted by Gasteiger charge is 2.33. The van der Waals surface area contributed by atoms with E-state index in [-0.39, 0.29) is 11.4 Å². The zero-order chi connectivity index (χ0) is 13.9. The van der Waals surface area contributed by atoms with E-state index in [2.05, 4.69) is 21.2 Å². The summed E-state index contributed by atoms with van der Waals surface area (Å²) in [5.74, 6) is 0.320. The molecule has 0 atom stereocenters. The Morgan fingerprint density at radius 2 is 2.16 bits per heavy atom. The Bertz CT molecular complexity index is 473. The first-order valence-electron chi connectivity index (χ1n) is 6.29. The maximum absolute atomic E-state index is 12.4. The Hall–Kier alpha value is -0.580. The Morgan fingerprint density at radius 3 is 2.74 bits per heavy atom. The van der Waals surface area contributed by atoms with Gasteiger partial charge in [-0.15, -0.1) is 11.6 Å². The predicted molar refractivity (Wildman–Crippen MR) is 79.8 cm³/mol. The van der Waals surface area contributed by atoms with Crippen molar-refractivity contribution in [1.29, 1.82) is 0 Å². The molecule has 1 aliphatic rings. The van der Waals surface area contributed by atoms with E-state index in [4.69, 9.17) is 16.3 Å². The van der Waals surface area contributed by atoms with Gasteiger partial charge in [-0.3, -0.25) is 4.79 Å². The normalized spacial score (nSPS) is 18.1. The molecule has 0 spiro atoms. The molecule has 0 aromatic heterocycles. The highest BCUT2D eigenvalue weighted by atomic mass is 79.9. The summed E-state index contributed by atoms with van der Waals surface area (Å²) < 4.78 is 6.14. The lowest BCUT2D eigenvalue weighted by Gasteiger charge is -2.36. The maximum Gasteiger partial charge on any atom is 0.252 e. The molecule has 3 nitrogen and oxygen atoms in total. The number of alkyl halides is 1. The van der Waals surface area contributed by atoms with Crippen LogP contribution in [0.1, 0.15) is 28.8 Å². The Kier molecular flexibility index (Phi) is 4.87. The molecule has 0 radical (unpaired) electrons. The number of hydrogen-bond acceptors (Lipinski definition) is 2. The lowest BCUT2D eigenvalue weighted by atomic mass is 9.91. The molecule has 1 N–H and O–H groups in total. The van der Waals surface area contributed by atoms with Crippen molar-refractivity contribution in [2.45, 2.75) is 25.3 Å². The fourth-order valence-electron chi connectivity index (χ4n) is 2.17. The molecule has 5 heteroatoms. The van der Waals surface area contributed by atoms with Gasteiger partial charge in [-0.1, -0.05) is 6.07 Å². The van der Waals surface area contributed by atoms with Crippen LogP contribution in [-0.2, 0) is 4.74 Å². The van der Waals surface area contributed by atoms with E-state index in [1.54, 1.807) is 0 Å². The Morgan fingerprint density at radius 1 is 1.47 bits per heavy atom. The lowest BCUT2D eigenvalue weighted by Crippen LogP contribution is -2.53. The van der Waals surface area contributed by atoms with Crippen molar-refractivity contribution in [2.24, 2.45) is 0 Å². The number of carbonyl (C=O) groups is 1. The molecule has 1 aliphatic heterocycles. The van der Waals surface area contributed by atoms with Gasteiger partial charge in [0.15, 0.2) is 0 Å². The molecule has 0 bridgehead atoms. The number of benzene rings is 1. The summed E-state index contributed by atoms with van der Waals surface area (Å²) in [7, 11) is 0. The highest BCUT2D eigenvalue weighted by molar-refractivity contribution is 9.10. The van der Waals surface area contributed by atoms with E-state index in [0.29, 0.717) is 24.7 Å². The van der Waals surface area contributed by atoms with E-state index >= 15 is 0 Å². The quantitative estimate of drug-likeness (QED) is 0.853. The Balaban J connectivity index is 2.15. The fourth-order valence-corrected chi connectivity index (χ4v) is 3.17. The van der Waals surface area contributed by atoms with Crippen LogP contribution in [0, 0.1) is 6.92 Å². The minimum atomic E-state index is -0.346. The number of ether oxygens (including phenoxy) is 1. The van der Waals surface area contributed by atoms with E-state index in [9.17, 15) is 4.79 Å². The van der Waals surface area contributed by atoms with Gasteiger partial charge in [-0.25, -0.2) is 0 Å². The molecule has 1 aromatic rings. The first-order chi connectivity index (χ1) is 9.06. The number of amides is 1. The molecule has 0 aliphatic carbocycles. The standard InChI is InChI=1S/C14H17BrClNO2/c1-10-2-3-11(12(15)8-10)13(18)17-14(9-16)4-6-19-7-5-14/h2-3,8H,4-7,9H2,1H3,(H,17,18). The molecular weight excluding hydrogens is 330 g/mol. The number of aryl methyl sites for hydroxylation is 1. The molecule has 19 heavy (non-hydrogen) atoms. The van der Waals surface area contributed by atoms with Gasteiger partial charge in [0.25, 0.3) is 5.91 Å². The summed E-state index contributed by atoms with van der Waals surface area (Å²) in [5.41, 5.74) is 1.41. The van der Waals surface area contributed by atoms with Crippen molar-refractivity contribution in [3.8, 4) is 0 Å². The summed E-state index contributed by atoms with van der Waals surface area (Å²) in [6.07, 6.45) is 1.51. The third kappa shape index (κ3) is 3.50. The third-order valence-corrected chi connectivity index (χ3v) is 4.62. The second-order valence-corrected chi connectivity index (χ2v) is 6.09. The van der Waals surface area contributed by atoms with Crippen LogP contribution in [0.5, 0.6) is 0 Å². The number of carbonyl (C=O) groups excluding carboxylic acids is 1. The number of rotatable bonds is 3. The minimum Gasteiger partial charge on any atom is -0.381 e. The summed E-state index contributed by atoms with van der Waals surface area (Å²) in [5, 5.41) is 3.08. The summed E-state index contributed by atoms with van der Waals surface area (Å²) >= 11 is 9.49. The van der Waals surface area contributed by atoms with Crippen molar-refractivity contribution >= 4 is 33.4 Å². The van der Waals surface area contributed by atoms with Gasteiger partial charge in [0.05, 0.1) is 11.1 Å². The van der Waals surface area contributed by atoms with Gasteiger partial charge in [-0.05, 0) is 53.4 Å².